The molecule has 4 heterocycles. The molecule has 2 aliphatic heterocycles. The number of hydrogen-bond donors (Lipinski definition) is 1. The van der Waals surface area contributed by atoms with Gasteiger partial charge in [-0.3, -0.25) is 14.4 Å². The van der Waals surface area contributed by atoms with Crippen molar-refractivity contribution < 1.29 is 32.3 Å². The molecule has 13 nitrogen and oxygen atoms in total. The van der Waals surface area contributed by atoms with E-state index in [1.807, 2.05) is 6.08 Å². The number of halogens is 4. The molecule has 1 N–H and O–H groups in total. The molecule has 2 aromatic heterocycles. The lowest BCUT2D eigenvalue weighted by Crippen LogP contribution is -2.51. The Morgan fingerprint density at radius 3 is 2.36 bits per heavy atom. The predicted molar refractivity (Wildman–Crippen MR) is 193 cm³/mol. The summed E-state index contributed by atoms with van der Waals surface area (Å²) in [6.45, 7) is 6.44. The predicted octanol–water partition coefficient (Wildman–Crippen LogP) is 5.90. The number of carbonyl (C=O) groups is 3. The molecule has 290 valence electrons. The highest BCUT2D eigenvalue weighted by Gasteiger charge is 2.60. The minimum atomic E-state index is -4.62. The van der Waals surface area contributed by atoms with Gasteiger partial charge in [-0.25, -0.2) is 4.79 Å². The number of ether oxygens (including phenoxy) is 1. The van der Waals surface area contributed by atoms with Crippen LogP contribution in [0.5, 0.6) is 0 Å². The lowest BCUT2D eigenvalue weighted by molar-refractivity contribution is -0.137. The smallest absolute Gasteiger partial charge is 0.416 e. The van der Waals surface area contributed by atoms with Crippen molar-refractivity contribution in [3.8, 4) is 6.07 Å². The molecule has 3 aliphatic carbocycles. The Morgan fingerprint density at radius 1 is 1.07 bits per heavy atom. The van der Waals surface area contributed by atoms with Crippen LogP contribution in [0.1, 0.15) is 94.3 Å². The van der Waals surface area contributed by atoms with E-state index in [0.717, 1.165) is 31.0 Å². The average molecular weight is 781 g/mol. The maximum absolute atomic E-state index is 14.7. The molecule has 1 aromatic carbocycles. The maximum atomic E-state index is 14.7. The van der Waals surface area contributed by atoms with Gasteiger partial charge in [0.05, 0.1) is 22.3 Å². The third-order valence-electron chi connectivity index (χ3n) is 12.0. The van der Waals surface area contributed by atoms with Crippen LogP contribution in [0.15, 0.2) is 29.1 Å². The lowest BCUT2D eigenvalue weighted by atomic mass is 9.60. The summed E-state index contributed by atoms with van der Waals surface area (Å²) < 4.78 is 48.5. The average Bonchev–Trinajstić information content (AvgIpc) is 3.74. The molecule has 0 radical (unpaired) electrons. The summed E-state index contributed by atoms with van der Waals surface area (Å²) in [5, 5.41) is 16.6. The van der Waals surface area contributed by atoms with Gasteiger partial charge in [-0.15, -0.1) is 5.10 Å². The summed E-state index contributed by atoms with van der Waals surface area (Å²) in [5.41, 5.74) is -1.55. The highest BCUT2D eigenvalue weighted by Crippen LogP contribution is 2.63. The van der Waals surface area contributed by atoms with Gasteiger partial charge in [0, 0.05) is 48.8 Å². The Hall–Kier alpha value is -4.91. The minimum Gasteiger partial charge on any atom is -0.444 e. The van der Waals surface area contributed by atoms with Crippen molar-refractivity contribution in [1.29, 1.82) is 5.26 Å². The molecule has 8 rings (SSSR count). The largest absolute Gasteiger partial charge is 0.444 e. The Balaban J connectivity index is 1.17. The number of fused-ring (bicyclic) bond motifs is 6. The van der Waals surface area contributed by atoms with Crippen LogP contribution >= 0.6 is 11.6 Å². The quantitative estimate of drug-likeness (QED) is 0.336. The van der Waals surface area contributed by atoms with Gasteiger partial charge in [-0.1, -0.05) is 17.7 Å². The summed E-state index contributed by atoms with van der Waals surface area (Å²) in [5.74, 6) is -0.342. The Bertz CT molecular complexity index is 2270. The molecular formula is C38H40ClF3N8O5. The van der Waals surface area contributed by atoms with Crippen LogP contribution in [-0.4, -0.2) is 78.7 Å². The Kier molecular flexibility index (Phi) is 8.64. The monoisotopic (exact) mass is 780 g/mol. The molecule has 5 aliphatic rings. The number of benzene rings is 1. The van der Waals surface area contributed by atoms with Crippen LogP contribution in [0.25, 0.3) is 11.4 Å². The van der Waals surface area contributed by atoms with E-state index in [1.54, 1.807) is 35.1 Å². The van der Waals surface area contributed by atoms with Crippen molar-refractivity contribution in [2.24, 2.45) is 11.3 Å². The fourth-order valence-electron chi connectivity index (χ4n) is 8.91. The summed E-state index contributed by atoms with van der Waals surface area (Å²) in [4.78, 5) is 62.7. The second-order valence-corrected chi connectivity index (χ2v) is 16.8. The van der Waals surface area contributed by atoms with Gasteiger partial charge in [-0.05, 0) is 95.4 Å². The van der Waals surface area contributed by atoms with E-state index in [2.05, 4.69) is 11.4 Å². The number of anilines is 1. The van der Waals surface area contributed by atoms with Crippen molar-refractivity contribution in [2.45, 2.75) is 95.4 Å². The third kappa shape index (κ3) is 6.24. The number of likely N-dealkylation sites (tertiary alicyclic amines) is 1. The Morgan fingerprint density at radius 2 is 1.80 bits per heavy atom. The van der Waals surface area contributed by atoms with Crippen LogP contribution in [0, 0.1) is 22.7 Å². The molecule has 55 heavy (non-hydrogen) atoms. The zero-order valence-corrected chi connectivity index (χ0v) is 31.4. The molecule has 1 spiro atoms. The van der Waals surface area contributed by atoms with Gasteiger partial charge in [0.1, 0.15) is 17.6 Å². The van der Waals surface area contributed by atoms with Crippen molar-refractivity contribution in [3.05, 3.63) is 62.3 Å². The number of aromatic nitrogens is 4. The molecule has 2 atom stereocenters. The van der Waals surface area contributed by atoms with E-state index in [9.17, 15) is 37.6 Å². The number of rotatable bonds is 5. The fraction of sp³-hybridized carbons (Fsp3) is 0.553. The number of carbonyl (C=O) groups excluding carboxylic acids is 3. The molecule has 0 unspecified atom stereocenters. The van der Waals surface area contributed by atoms with Crippen molar-refractivity contribution in [1.82, 2.24) is 29.0 Å². The first-order valence-corrected chi connectivity index (χ1v) is 18.9. The number of nitrogens with zero attached hydrogens (tertiary/aromatic N) is 7. The first kappa shape index (κ1) is 37.0. The normalized spacial score (nSPS) is 22.3. The van der Waals surface area contributed by atoms with Crippen LogP contribution in [-0.2, 0) is 32.5 Å². The molecule has 1 saturated heterocycles. The van der Waals surface area contributed by atoms with Crippen LogP contribution in [0.2, 0.25) is 5.02 Å². The van der Waals surface area contributed by atoms with Gasteiger partial charge < -0.3 is 24.4 Å². The van der Waals surface area contributed by atoms with E-state index in [0.29, 0.717) is 68.6 Å². The van der Waals surface area contributed by atoms with E-state index in [4.69, 9.17) is 26.4 Å². The number of nitrogens with one attached hydrogen (secondary N) is 1. The van der Waals surface area contributed by atoms with Gasteiger partial charge in [0.15, 0.2) is 5.82 Å². The minimum absolute atomic E-state index is 0.00104. The zero-order chi connectivity index (χ0) is 39.2. The number of alkyl halides is 3. The van der Waals surface area contributed by atoms with Gasteiger partial charge >= 0.3 is 12.3 Å². The molecule has 2 saturated carbocycles. The number of hydrogen-bond acceptors (Lipinski definition) is 8. The topological polar surface area (TPSA) is 155 Å². The second kappa shape index (κ2) is 12.8. The molecule has 3 amide bonds. The number of piperidine rings is 1. The molecule has 17 heteroatoms. The summed E-state index contributed by atoms with van der Waals surface area (Å²) in [6.07, 6.45) is 0.912. The fourth-order valence-corrected chi connectivity index (χ4v) is 9.14. The first-order valence-electron chi connectivity index (χ1n) is 18.5. The highest BCUT2D eigenvalue weighted by atomic mass is 35.5. The van der Waals surface area contributed by atoms with Crippen LogP contribution in [0.4, 0.5) is 23.7 Å². The van der Waals surface area contributed by atoms with Gasteiger partial charge in [-0.2, -0.15) is 27.9 Å². The van der Waals surface area contributed by atoms with E-state index in [1.165, 1.54) is 4.52 Å². The van der Waals surface area contributed by atoms with Crippen LogP contribution in [0.3, 0.4) is 0 Å². The number of amides is 3. The lowest BCUT2D eigenvalue weighted by Gasteiger charge is -2.47. The zero-order valence-electron chi connectivity index (χ0n) is 30.6. The molecule has 3 aromatic rings. The molecule has 0 bridgehead atoms. The summed E-state index contributed by atoms with van der Waals surface area (Å²) in [6, 6.07) is 4.84. The van der Waals surface area contributed by atoms with Crippen molar-refractivity contribution in [2.75, 3.05) is 31.5 Å². The molecule has 3 fully saturated rings. The summed E-state index contributed by atoms with van der Waals surface area (Å²) >= 11 is 6.19. The van der Waals surface area contributed by atoms with Gasteiger partial charge in [0.2, 0.25) is 17.6 Å². The van der Waals surface area contributed by atoms with Crippen molar-refractivity contribution >= 4 is 46.5 Å². The van der Waals surface area contributed by atoms with E-state index < -0.39 is 40.2 Å². The molecular weight excluding hydrogens is 741 g/mol. The highest BCUT2D eigenvalue weighted by molar-refractivity contribution is 6.33. The first-order chi connectivity index (χ1) is 25.9. The van der Waals surface area contributed by atoms with Gasteiger partial charge in [0.25, 0.3) is 5.56 Å². The Labute approximate surface area is 319 Å². The van der Waals surface area contributed by atoms with Crippen molar-refractivity contribution in [3.63, 3.8) is 0 Å². The number of nitriles is 1. The van der Waals surface area contributed by atoms with Crippen LogP contribution < -0.4 is 10.9 Å². The van der Waals surface area contributed by atoms with E-state index in [-0.39, 0.29) is 58.7 Å². The van der Waals surface area contributed by atoms with E-state index >= 15 is 0 Å². The second-order valence-electron chi connectivity index (χ2n) is 16.4. The third-order valence-corrected chi connectivity index (χ3v) is 12.3. The maximum Gasteiger partial charge on any atom is 0.416 e. The summed E-state index contributed by atoms with van der Waals surface area (Å²) in [7, 11) is 0. The SMILES string of the molecule is CC(C)(C)OC(=O)N1CCC2(CC1)c1c(n(CC(=O)Nc3ccc(C(F)(F)F)cc3Cl)c3nc(C4=CCN(C(=O)C5(C#N)CC5)CC4)nn3c1=O)[C@H]1CC[C@H]12. The standard InChI is InChI=1S/C38H40ClF3N8O5/c1-35(2,3)55-34(54)48-16-12-37(13-17-48)24-6-5-23(24)29-28(37)31(52)50-33(49(29)19-27(51)44-26-7-4-22(18-25(26)39)38(40,41)42)45-30(46-50)21-8-14-47(15-9-21)32(53)36(20-43)10-11-36/h4,7-8,18,23-24H,5-6,9-17,19H2,1-3H3,(H,44,51)/t23-,24+/m0/s1.